The van der Waals surface area contributed by atoms with Crippen LogP contribution in [-0.4, -0.2) is 22.1 Å². The van der Waals surface area contributed by atoms with Gasteiger partial charge in [-0.3, -0.25) is 4.79 Å². The summed E-state index contributed by atoms with van der Waals surface area (Å²) in [5, 5.41) is 12.0. The molecule has 3 N–H and O–H groups in total. The van der Waals surface area contributed by atoms with E-state index in [0.29, 0.717) is 16.6 Å². The number of hydrogen-bond acceptors (Lipinski definition) is 5. The zero-order valence-electron chi connectivity index (χ0n) is 10.3. The molecule has 1 fully saturated rings. The molecule has 2 heterocycles. The maximum absolute atomic E-state index is 12.1. The molecule has 94 valence electrons. The third kappa shape index (κ3) is 1.73. The summed E-state index contributed by atoms with van der Waals surface area (Å²) in [4.78, 5) is 13.3. The molecule has 0 spiro atoms. The predicted octanol–water partition coefficient (Wildman–Crippen LogP) is 1.78. The minimum Gasteiger partial charge on any atom is -0.397 e. The van der Waals surface area contributed by atoms with Crippen LogP contribution in [0.1, 0.15) is 33.8 Å². The van der Waals surface area contributed by atoms with Crippen molar-refractivity contribution in [1.82, 2.24) is 15.5 Å². The van der Waals surface area contributed by atoms with Gasteiger partial charge in [0.1, 0.15) is 9.71 Å². The van der Waals surface area contributed by atoms with Crippen molar-refractivity contribution in [3.05, 3.63) is 16.1 Å². The van der Waals surface area contributed by atoms with Gasteiger partial charge in [0.25, 0.3) is 5.91 Å². The molecular weight excluding hydrogens is 248 g/mol. The zero-order chi connectivity index (χ0) is 12.9. The van der Waals surface area contributed by atoms with Crippen molar-refractivity contribution in [3.8, 4) is 0 Å². The lowest BCUT2D eigenvalue weighted by atomic mass is 10.1. The molecule has 2 aromatic rings. The SMILES string of the molecule is Cc1nnc2sc(C(=O)NC3CC3)c(N)c2c1C. The maximum Gasteiger partial charge on any atom is 0.263 e. The first kappa shape index (κ1) is 11.4. The first-order valence-electron chi connectivity index (χ1n) is 5.90. The summed E-state index contributed by atoms with van der Waals surface area (Å²) in [6.07, 6.45) is 2.13. The molecule has 0 atom stereocenters. The van der Waals surface area contributed by atoms with E-state index in [9.17, 15) is 4.79 Å². The van der Waals surface area contributed by atoms with Crippen LogP contribution in [0.2, 0.25) is 0 Å². The van der Waals surface area contributed by atoms with E-state index < -0.39 is 0 Å². The van der Waals surface area contributed by atoms with Crippen LogP contribution in [-0.2, 0) is 0 Å². The Bertz CT molecular complexity index is 645. The van der Waals surface area contributed by atoms with Gasteiger partial charge in [-0.1, -0.05) is 0 Å². The van der Waals surface area contributed by atoms with Gasteiger partial charge in [-0.2, -0.15) is 5.10 Å². The average Bonchev–Trinajstić information content (AvgIpc) is 3.07. The molecule has 0 radical (unpaired) electrons. The van der Waals surface area contributed by atoms with Crippen molar-refractivity contribution in [3.63, 3.8) is 0 Å². The average molecular weight is 262 g/mol. The van der Waals surface area contributed by atoms with E-state index in [4.69, 9.17) is 5.73 Å². The Morgan fingerprint density at radius 1 is 1.39 bits per heavy atom. The number of amides is 1. The molecule has 5 nitrogen and oxygen atoms in total. The van der Waals surface area contributed by atoms with Gasteiger partial charge in [0, 0.05) is 11.4 Å². The number of hydrogen-bond donors (Lipinski definition) is 2. The highest BCUT2D eigenvalue weighted by molar-refractivity contribution is 7.21. The van der Waals surface area contributed by atoms with Crippen molar-refractivity contribution in [2.75, 3.05) is 5.73 Å². The number of carbonyl (C=O) groups is 1. The van der Waals surface area contributed by atoms with E-state index in [0.717, 1.165) is 34.3 Å². The number of carbonyl (C=O) groups excluding carboxylic acids is 1. The fourth-order valence-corrected chi connectivity index (χ4v) is 2.89. The Balaban J connectivity index is 2.10. The van der Waals surface area contributed by atoms with Gasteiger partial charge < -0.3 is 11.1 Å². The molecule has 3 rings (SSSR count). The van der Waals surface area contributed by atoms with Crippen molar-refractivity contribution >= 4 is 33.1 Å². The third-order valence-corrected chi connectivity index (χ3v) is 4.34. The topological polar surface area (TPSA) is 80.9 Å². The van der Waals surface area contributed by atoms with Gasteiger partial charge in [0.2, 0.25) is 0 Å². The van der Waals surface area contributed by atoms with Crippen molar-refractivity contribution in [2.24, 2.45) is 0 Å². The molecule has 0 aromatic carbocycles. The number of nitrogens with one attached hydrogen (secondary N) is 1. The van der Waals surface area contributed by atoms with E-state index >= 15 is 0 Å². The highest BCUT2D eigenvalue weighted by Gasteiger charge is 2.26. The fourth-order valence-electron chi connectivity index (χ4n) is 1.89. The number of aryl methyl sites for hydroxylation is 2. The minimum absolute atomic E-state index is 0.0879. The third-order valence-electron chi connectivity index (χ3n) is 3.25. The van der Waals surface area contributed by atoms with Crippen molar-refractivity contribution < 1.29 is 4.79 Å². The highest BCUT2D eigenvalue weighted by Crippen LogP contribution is 2.35. The Kier molecular flexibility index (Phi) is 2.48. The lowest BCUT2D eigenvalue weighted by Gasteiger charge is -2.02. The number of nitrogens with zero attached hydrogens (tertiary/aromatic N) is 2. The summed E-state index contributed by atoms with van der Waals surface area (Å²) in [5.41, 5.74) is 8.47. The van der Waals surface area contributed by atoms with Gasteiger partial charge in [-0.05, 0) is 32.3 Å². The normalized spacial score (nSPS) is 15.0. The van der Waals surface area contributed by atoms with Crippen molar-refractivity contribution in [1.29, 1.82) is 0 Å². The van der Waals surface area contributed by atoms with E-state index in [-0.39, 0.29) is 5.91 Å². The minimum atomic E-state index is -0.0879. The van der Waals surface area contributed by atoms with E-state index in [1.807, 2.05) is 13.8 Å². The molecule has 0 saturated heterocycles. The van der Waals surface area contributed by atoms with E-state index in [2.05, 4.69) is 15.5 Å². The molecule has 1 amide bonds. The molecule has 2 aromatic heterocycles. The molecule has 0 unspecified atom stereocenters. The van der Waals surface area contributed by atoms with Gasteiger partial charge in [-0.15, -0.1) is 16.4 Å². The second-order valence-electron chi connectivity index (χ2n) is 4.68. The molecule has 1 saturated carbocycles. The number of nitrogens with two attached hydrogens (primary N) is 1. The molecule has 0 bridgehead atoms. The summed E-state index contributed by atoms with van der Waals surface area (Å²) in [7, 11) is 0. The molecule has 0 aliphatic heterocycles. The summed E-state index contributed by atoms with van der Waals surface area (Å²) >= 11 is 1.31. The molecular formula is C12H14N4OS. The second-order valence-corrected chi connectivity index (χ2v) is 5.68. The first-order valence-corrected chi connectivity index (χ1v) is 6.72. The largest absolute Gasteiger partial charge is 0.397 e. The number of anilines is 1. The Morgan fingerprint density at radius 2 is 2.11 bits per heavy atom. The van der Waals surface area contributed by atoms with Crippen LogP contribution in [0.15, 0.2) is 0 Å². The Labute approximate surface area is 108 Å². The lowest BCUT2D eigenvalue weighted by molar-refractivity contribution is 0.0956. The quantitative estimate of drug-likeness (QED) is 0.864. The van der Waals surface area contributed by atoms with Gasteiger partial charge in [0.15, 0.2) is 0 Å². The van der Waals surface area contributed by atoms with Crippen LogP contribution in [0, 0.1) is 13.8 Å². The number of rotatable bonds is 2. The van der Waals surface area contributed by atoms with E-state index in [1.165, 1.54) is 11.3 Å². The van der Waals surface area contributed by atoms with Crippen LogP contribution in [0.3, 0.4) is 0 Å². The van der Waals surface area contributed by atoms with Gasteiger partial charge >= 0.3 is 0 Å². The molecule has 6 heteroatoms. The van der Waals surface area contributed by atoms with Crippen LogP contribution in [0.5, 0.6) is 0 Å². The second kappa shape index (κ2) is 3.91. The van der Waals surface area contributed by atoms with Crippen LogP contribution >= 0.6 is 11.3 Å². The lowest BCUT2D eigenvalue weighted by Crippen LogP contribution is -2.25. The number of thiophene rings is 1. The van der Waals surface area contributed by atoms with E-state index in [1.54, 1.807) is 0 Å². The number of aromatic nitrogens is 2. The summed E-state index contributed by atoms with van der Waals surface area (Å²) < 4.78 is 0. The molecule has 1 aliphatic rings. The smallest absolute Gasteiger partial charge is 0.263 e. The standard InChI is InChI=1S/C12H14N4OS/c1-5-6(2)15-16-12-8(5)9(13)10(18-12)11(17)14-7-3-4-7/h7H,3-4,13H2,1-2H3,(H,14,17). The summed E-state index contributed by atoms with van der Waals surface area (Å²) in [6, 6.07) is 0.330. The Morgan fingerprint density at radius 3 is 2.78 bits per heavy atom. The monoisotopic (exact) mass is 262 g/mol. The summed E-state index contributed by atoms with van der Waals surface area (Å²) in [6.45, 7) is 3.85. The van der Waals surface area contributed by atoms with Crippen LogP contribution in [0.25, 0.3) is 10.2 Å². The molecule has 1 aliphatic carbocycles. The van der Waals surface area contributed by atoms with Crippen molar-refractivity contribution in [2.45, 2.75) is 32.7 Å². The maximum atomic E-state index is 12.1. The highest BCUT2D eigenvalue weighted by atomic mass is 32.1. The van der Waals surface area contributed by atoms with Crippen LogP contribution in [0.4, 0.5) is 5.69 Å². The number of nitrogen functional groups attached to an aromatic ring is 1. The fraction of sp³-hybridized carbons (Fsp3) is 0.417. The zero-order valence-corrected chi connectivity index (χ0v) is 11.1. The molecule has 18 heavy (non-hydrogen) atoms. The summed E-state index contributed by atoms with van der Waals surface area (Å²) in [5.74, 6) is -0.0879. The Hall–Kier alpha value is -1.69. The first-order chi connectivity index (χ1) is 8.58. The predicted molar refractivity (Wildman–Crippen MR) is 71.8 cm³/mol. The van der Waals surface area contributed by atoms with Gasteiger partial charge in [0.05, 0.1) is 11.4 Å². The van der Waals surface area contributed by atoms with Gasteiger partial charge in [-0.25, -0.2) is 0 Å². The van der Waals surface area contributed by atoms with Crippen LogP contribution < -0.4 is 11.1 Å². The number of fused-ring (bicyclic) bond motifs is 1.